The molecule has 2 fully saturated rings. The number of ether oxygens (including phenoxy) is 1. The summed E-state index contributed by atoms with van der Waals surface area (Å²) >= 11 is 0. The Balaban J connectivity index is 1.57. The average molecular weight is 349 g/mol. The minimum atomic E-state index is -0.297. The normalized spacial score (nSPS) is 21.9. The second-order valence-electron chi connectivity index (χ2n) is 6.83. The molecule has 1 atom stereocenters. The van der Waals surface area contributed by atoms with Gasteiger partial charge in [0, 0.05) is 25.7 Å². The van der Waals surface area contributed by atoms with Crippen LogP contribution >= 0.6 is 0 Å². The number of likely N-dealkylation sites (tertiary alicyclic amines) is 2. The summed E-state index contributed by atoms with van der Waals surface area (Å²) in [5.41, 5.74) is 0. The Morgan fingerprint density at radius 2 is 1.92 bits per heavy atom. The third-order valence-corrected chi connectivity index (χ3v) is 5.11. The molecule has 138 valence electrons. The molecule has 0 bridgehead atoms. The van der Waals surface area contributed by atoms with Crippen molar-refractivity contribution in [1.29, 1.82) is 0 Å². The summed E-state index contributed by atoms with van der Waals surface area (Å²) in [6.45, 7) is 3.89. The Labute approximate surface area is 148 Å². The molecular formula is C18H27N3O4. The van der Waals surface area contributed by atoms with E-state index in [1.165, 1.54) is 7.11 Å². The molecule has 2 aliphatic rings. The number of methoxy groups -OCH3 is 1. The smallest absolute Gasteiger partial charge is 0.409 e. The largest absolute Gasteiger partial charge is 0.464 e. The van der Waals surface area contributed by atoms with Gasteiger partial charge in [-0.1, -0.05) is 0 Å². The quantitative estimate of drug-likeness (QED) is 0.890. The number of urea groups is 1. The van der Waals surface area contributed by atoms with Crippen LogP contribution < -0.4 is 5.32 Å². The molecule has 3 heterocycles. The zero-order valence-electron chi connectivity index (χ0n) is 15.0. The number of nitrogens with one attached hydrogen (secondary N) is 1. The SMILES string of the molecule is COC(=O)N1CCC(NC(=O)N2CCCC[C@@H]2c2ccc(C)o2)CC1. The van der Waals surface area contributed by atoms with E-state index in [9.17, 15) is 9.59 Å². The van der Waals surface area contributed by atoms with Crippen molar-refractivity contribution in [2.24, 2.45) is 0 Å². The van der Waals surface area contributed by atoms with E-state index in [0.717, 1.165) is 50.2 Å². The number of hydrogen-bond donors (Lipinski definition) is 1. The number of carbonyl (C=O) groups excluding carboxylic acids is 2. The maximum absolute atomic E-state index is 12.8. The number of nitrogens with zero attached hydrogens (tertiary/aromatic N) is 2. The van der Waals surface area contributed by atoms with Crippen LogP contribution in [-0.2, 0) is 4.74 Å². The summed E-state index contributed by atoms with van der Waals surface area (Å²) < 4.78 is 10.5. The van der Waals surface area contributed by atoms with Gasteiger partial charge < -0.3 is 24.3 Å². The Bertz CT molecular complexity index is 607. The van der Waals surface area contributed by atoms with Crippen molar-refractivity contribution in [3.05, 3.63) is 23.7 Å². The van der Waals surface area contributed by atoms with Crippen LogP contribution in [0.25, 0.3) is 0 Å². The van der Waals surface area contributed by atoms with E-state index in [1.807, 2.05) is 24.0 Å². The van der Waals surface area contributed by atoms with Gasteiger partial charge in [-0.2, -0.15) is 0 Å². The van der Waals surface area contributed by atoms with Crippen molar-refractivity contribution in [1.82, 2.24) is 15.1 Å². The molecule has 0 saturated carbocycles. The second-order valence-corrected chi connectivity index (χ2v) is 6.83. The Morgan fingerprint density at radius 1 is 1.16 bits per heavy atom. The van der Waals surface area contributed by atoms with E-state index in [-0.39, 0.29) is 24.2 Å². The molecule has 0 aromatic carbocycles. The topological polar surface area (TPSA) is 75.0 Å². The van der Waals surface area contributed by atoms with Gasteiger partial charge in [-0.15, -0.1) is 0 Å². The first-order chi connectivity index (χ1) is 12.1. The van der Waals surface area contributed by atoms with Crippen molar-refractivity contribution < 1.29 is 18.7 Å². The number of piperidine rings is 2. The van der Waals surface area contributed by atoms with Crippen LogP contribution in [0.2, 0.25) is 0 Å². The molecule has 2 saturated heterocycles. The van der Waals surface area contributed by atoms with Crippen molar-refractivity contribution in [3.8, 4) is 0 Å². The molecule has 0 unspecified atom stereocenters. The van der Waals surface area contributed by atoms with Gasteiger partial charge in [0.1, 0.15) is 11.5 Å². The molecule has 3 rings (SSSR count). The molecular weight excluding hydrogens is 322 g/mol. The molecule has 25 heavy (non-hydrogen) atoms. The van der Waals surface area contributed by atoms with Gasteiger partial charge in [-0.3, -0.25) is 0 Å². The maximum Gasteiger partial charge on any atom is 0.409 e. The number of hydrogen-bond acceptors (Lipinski definition) is 4. The lowest BCUT2D eigenvalue weighted by molar-refractivity contribution is 0.106. The number of carbonyl (C=O) groups is 2. The lowest BCUT2D eigenvalue weighted by Gasteiger charge is -2.37. The molecule has 0 spiro atoms. The van der Waals surface area contributed by atoms with E-state index < -0.39 is 0 Å². The highest BCUT2D eigenvalue weighted by Gasteiger charge is 2.32. The fraction of sp³-hybridized carbons (Fsp3) is 0.667. The third kappa shape index (κ3) is 4.08. The minimum absolute atomic E-state index is 0.0117. The molecule has 0 radical (unpaired) electrons. The van der Waals surface area contributed by atoms with Crippen LogP contribution in [-0.4, -0.2) is 54.7 Å². The molecule has 3 amide bonds. The maximum atomic E-state index is 12.8. The highest BCUT2D eigenvalue weighted by Crippen LogP contribution is 2.32. The zero-order chi connectivity index (χ0) is 17.8. The van der Waals surface area contributed by atoms with Gasteiger partial charge in [0.15, 0.2) is 0 Å². The van der Waals surface area contributed by atoms with Gasteiger partial charge in [0.25, 0.3) is 0 Å². The number of rotatable bonds is 2. The molecule has 1 aromatic heterocycles. The van der Waals surface area contributed by atoms with Crippen LogP contribution in [0.3, 0.4) is 0 Å². The van der Waals surface area contributed by atoms with Gasteiger partial charge in [-0.25, -0.2) is 9.59 Å². The first kappa shape index (κ1) is 17.6. The third-order valence-electron chi connectivity index (χ3n) is 5.11. The lowest BCUT2D eigenvalue weighted by atomic mass is 10.00. The van der Waals surface area contributed by atoms with E-state index in [0.29, 0.717) is 13.1 Å². The van der Waals surface area contributed by atoms with Crippen LogP contribution in [0.5, 0.6) is 0 Å². The van der Waals surface area contributed by atoms with Crippen molar-refractivity contribution in [2.45, 2.75) is 51.1 Å². The van der Waals surface area contributed by atoms with Crippen molar-refractivity contribution in [2.75, 3.05) is 26.7 Å². The van der Waals surface area contributed by atoms with Crippen molar-refractivity contribution in [3.63, 3.8) is 0 Å². The first-order valence-electron chi connectivity index (χ1n) is 9.05. The molecule has 7 nitrogen and oxygen atoms in total. The van der Waals surface area contributed by atoms with Crippen LogP contribution in [0.4, 0.5) is 9.59 Å². The number of furan rings is 1. The van der Waals surface area contributed by atoms with Crippen LogP contribution in [0.15, 0.2) is 16.5 Å². The van der Waals surface area contributed by atoms with Crippen LogP contribution in [0, 0.1) is 6.92 Å². The van der Waals surface area contributed by atoms with Gasteiger partial charge in [0.05, 0.1) is 13.2 Å². The van der Waals surface area contributed by atoms with Gasteiger partial charge >= 0.3 is 12.1 Å². The Morgan fingerprint density at radius 3 is 2.56 bits per heavy atom. The predicted octanol–water partition coefficient (Wildman–Crippen LogP) is 3.06. The summed E-state index contributed by atoms with van der Waals surface area (Å²) in [4.78, 5) is 27.9. The van der Waals surface area contributed by atoms with E-state index in [4.69, 9.17) is 9.15 Å². The standard InChI is InChI=1S/C18H27N3O4/c1-13-6-7-16(25-13)15-5-3-4-10-21(15)17(22)19-14-8-11-20(12-9-14)18(23)24-2/h6-7,14-15H,3-5,8-12H2,1-2H3,(H,19,22)/t15-/m1/s1. The summed E-state index contributed by atoms with van der Waals surface area (Å²) in [7, 11) is 1.39. The van der Waals surface area contributed by atoms with E-state index in [2.05, 4.69) is 5.32 Å². The molecule has 2 aliphatic heterocycles. The van der Waals surface area contributed by atoms with Gasteiger partial charge in [0.2, 0.25) is 0 Å². The minimum Gasteiger partial charge on any atom is -0.464 e. The average Bonchev–Trinajstić information content (AvgIpc) is 3.08. The highest BCUT2D eigenvalue weighted by molar-refractivity contribution is 5.75. The second kappa shape index (κ2) is 7.80. The van der Waals surface area contributed by atoms with E-state index >= 15 is 0 Å². The highest BCUT2D eigenvalue weighted by atomic mass is 16.5. The summed E-state index contributed by atoms with van der Waals surface area (Å²) in [5.74, 6) is 1.74. The fourth-order valence-corrected chi connectivity index (χ4v) is 3.70. The summed E-state index contributed by atoms with van der Waals surface area (Å²) in [6.07, 6.45) is 4.25. The Hall–Kier alpha value is -2.18. The molecule has 7 heteroatoms. The van der Waals surface area contributed by atoms with Crippen molar-refractivity contribution >= 4 is 12.1 Å². The summed E-state index contributed by atoms with van der Waals surface area (Å²) in [5, 5.41) is 3.14. The number of aryl methyl sites for hydroxylation is 1. The fourth-order valence-electron chi connectivity index (χ4n) is 3.70. The number of amides is 3. The molecule has 1 N–H and O–H groups in total. The van der Waals surface area contributed by atoms with Crippen LogP contribution in [0.1, 0.15) is 49.7 Å². The zero-order valence-corrected chi connectivity index (χ0v) is 15.0. The monoisotopic (exact) mass is 349 g/mol. The molecule has 1 aromatic rings. The summed E-state index contributed by atoms with van der Waals surface area (Å²) in [6, 6.07) is 3.99. The molecule has 0 aliphatic carbocycles. The van der Waals surface area contributed by atoms with Gasteiger partial charge in [-0.05, 0) is 51.2 Å². The van der Waals surface area contributed by atoms with E-state index in [1.54, 1.807) is 4.90 Å². The predicted molar refractivity (Wildman–Crippen MR) is 92.3 cm³/mol. The first-order valence-corrected chi connectivity index (χ1v) is 9.05. The Kier molecular flexibility index (Phi) is 5.50. The lowest BCUT2D eigenvalue weighted by Crippen LogP contribution is -2.51.